The van der Waals surface area contributed by atoms with Crippen molar-refractivity contribution >= 4 is 22.9 Å². The Labute approximate surface area is 192 Å². The lowest BCUT2D eigenvalue weighted by atomic mass is 10.1. The molecule has 0 bridgehead atoms. The van der Waals surface area contributed by atoms with Crippen LogP contribution in [-0.4, -0.2) is 22.5 Å². The van der Waals surface area contributed by atoms with Crippen LogP contribution >= 0.6 is 11.3 Å². The zero-order chi connectivity index (χ0) is 22.2. The maximum absolute atomic E-state index is 12.4. The number of aryl methyl sites for hydroxylation is 1. The first-order valence-electron chi connectivity index (χ1n) is 10.7. The maximum Gasteiger partial charge on any atom is 0.224 e. The van der Waals surface area contributed by atoms with Gasteiger partial charge in [0.05, 0.1) is 12.3 Å². The summed E-state index contributed by atoms with van der Waals surface area (Å²) in [5, 5.41) is 5.95. The Morgan fingerprint density at radius 1 is 1.03 bits per heavy atom. The first kappa shape index (κ1) is 21.7. The molecule has 0 saturated heterocycles. The smallest absolute Gasteiger partial charge is 0.224 e. The molecule has 0 unspecified atom stereocenters. The molecule has 2 aromatic carbocycles. The standard InChI is InChI=1S/C26H25N3O2S/c1-2-19-8-10-23(11-9-19)31-16-4-7-25(30)28-22-6-3-5-21(17-22)24-18-32-26(29-24)20-12-14-27-15-13-20/h3,5-6,8-15,17-18H,2,4,7,16H2,1H3,(H,28,30). The minimum atomic E-state index is -0.0252. The molecule has 0 atom stereocenters. The number of benzene rings is 2. The van der Waals surface area contributed by atoms with Crippen LogP contribution in [-0.2, 0) is 11.2 Å². The molecule has 0 aliphatic rings. The Kier molecular flexibility index (Phi) is 7.25. The van der Waals surface area contributed by atoms with E-state index in [0.717, 1.165) is 39.7 Å². The number of nitrogens with zero attached hydrogens (tertiary/aromatic N) is 2. The Balaban J connectivity index is 1.29. The van der Waals surface area contributed by atoms with E-state index in [9.17, 15) is 4.79 Å². The number of ether oxygens (including phenoxy) is 1. The molecule has 2 heterocycles. The summed E-state index contributed by atoms with van der Waals surface area (Å²) in [6.07, 6.45) is 5.60. The fourth-order valence-corrected chi connectivity index (χ4v) is 4.09. The highest BCUT2D eigenvalue weighted by atomic mass is 32.1. The number of hydrogen-bond acceptors (Lipinski definition) is 5. The molecule has 1 N–H and O–H groups in total. The summed E-state index contributed by atoms with van der Waals surface area (Å²) in [5.74, 6) is 0.813. The first-order valence-corrected chi connectivity index (χ1v) is 11.6. The lowest BCUT2D eigenvalue weighted by Crippen LogP contribution is -2.12. The molecule has 162 valence electrons. The van der Waals surface area contributed by atoms with Crippen molar-refractivity contribution in [3.8, 4) is 27.6 Å². The fraction of sp³-hybridized carbons (Fsp3) is 0.192. The predicted molar refractivity (Wildman–Crippen MR) is 130 cm³/mol. The van der Waals surface area contributed by atoms with Gasteiger partial charge >= 0.3 is 0 Å². The van der Waals surface area contributed by atoms with E-state index in [1.165, 1.54) is 5.56 Å². The molecule has 5 nitrogen and oxygen atoms in total. The maximum atomic E-state index is 12.4. The van der Waals surface area contributed by atoms with E-state index in [4.69, 9.17) is 9.72 Å². The quantitative estimate of drug-likeness (QED) is 0.311. The Morgan fingerprint density at radius 2 is 1.84 bits per heavy atom. The van der Waals surface area contributed by atoms with Crippen LogP contribution in [0.25, 0.3) is 21.8 Å². The van der Waals surface area contributed by atoms with Gasteiger partial charge in [0, 0.05) is 41.0 Å². The van der Waals surface area contributed by atoms with Gasteiger partial charge in [-0.15, -0.1) is 11.3 Å². The molecule has 32 heavy (non-hydrogen) atoms. The number of amides is 1. The molecule has 0 fully saturated rings. The van der Waals surface area contributed by atoms with Gasteiger partial charge < -0.3 is 10.1 Å². The first-order chi connectivity index (χ1) is 15.7. The van der Waals surface area contributed by atoms with Gasteiger partial charge in [-0.1, -0.05) is 31.2 Å². The SMILES string of the molecule is CCc1ccc(OCCCC(=O)Nc2cccc(-c3csc(-c4ccncc4)n3)c2)cc1. The van der Waals surface area contributed by atoms with Crippen molar-refractivity contribution in [1.82, 2.24) is 9.97 Å². The number of rotatable bonds is 9. The third kappa shape index (κ3) is 5.80. The lowest BCUT2D eigenvalue weighted by molar-refractivity contribution is -0.116. The van der Waals surface area contributed by atoms with Gasteiger partial charge in [0.1, 0.15) is 10.8 Å². The lowest BCUT2D eigenvalue weighted by Gasteiger charge is -2.08. The highest BCUT2D eigenvalue weighted by Crippen LogP contribution is 2.29. The van der Waals surface area contributed by atoms with Gasteiger partial charge in [-0.3, -0.25) is 9.78 Å². The second-order valence-electron chi connectivity index (χ2n) is 7.35. The molecular weight excluding hydrogens is 418 g/mol. The van der Waals surface area contributed by atoms with Crippen molar-refractivity contribution in [3.05, 3.63) is 84.0 Å². The minimum Gasteiger partial charge on any atom is -0.494 e. The van der Waals surface area contributed by atoms with Crippen LogP contribution in [0.2, 0.25) is 0 Å². The van der Waals surface area contributed by atoms with Crippen molar-refractivity contribution in [2.24, 2.45) is 0 Å². The molecule has 4 aromatic rings. The van der Waals surface area contributed by atoms with E-state index in [1.807, 2.05) is 53.9 Å². The van der Waals surface area contributed by atoms with Crippen molar-refractivity contribution < 1.29 is 9.53 Å². The molecule has 0 saturated carbocycles. The van der Waals surface area contributed by atoms with Crippen LogP contribution in [0.15, 0.2) is 78.4 Å². The normalized spacial score (nSPS) is 10.7. The zero-order valence-electron chi connectivity index (χ0n) is 18.0. The Morgan fingerprint density at radius 3 is 2.62 bits per heavy atom. The summed E-state index contributed by atoms with van der Waals surface area (Å²) in [7, 11) is 0. The predicted octanol–water partition coefficient (Wildman–Crippen LogP) is 6.23. The van der Waals surface area contributed by atoms with Gasteiger partial charge in [-0.2, -0.15) is 0 Å². The van der Waals surface area contributed by atoms with E-state index >= 15 is 0 Å². The molecule has 4 rings (SSSR count). The highest BCUT2D eigenvalue weighted by Gasteiger charge is 2.09. The molecule has 0 spiro atoms. The van der Waals surface area contributed by atoms with Crippen molar-refractivity contribution in [2.45, 2.75) is 26.2 Å². The van der Waals surface area contributed by atoms with Gasteiger partial charge in [0.25, 0.3) is 0 Å². The number of nitrogens with one attached hydrogen (secondary N) is 1. The molecule has 1 amide bonds. The minimum absolute atomic E-state index is 0.0252. The van der Waals surface area contributed by atoms with Gasteiger partial charge in [-0.05, 0) is 54.8 Å². The van der Waals surface area contributed by atoms with Crippen LogP contribution in [0, 0.1) is 0 Å². The summed E-state index contributed by atoms with van der Waals surface area (Å²) in [5.41, 5.74) is 4.95. The highest BCUT2D eigenvalue weighted by molar-refractivity contribution is 7.13. The second-order valence-corrected chi connectivity index (χ2v) is 8.21. The number of thiazole rings is 1. The average Bonchev–Trinajstić information content (AvgIpc) is 3.33. The largest absolute Gasteiger partial charge is 0.494 e. The van der Waals surface area contributed by atoms with E-state index in [-0.39, 0.29) is 5.91 Å². The van der Waals surface area contributed by atoms with Crippen LogP contribution in [0.4, 0.5) is 5.69 Å². The van der Waals surface area contributed by atoms with E-state index in [2.05, 4.69) is 29.4 Å². The van der Waals surface area contributed by atoms with E-state index in [1.54, 1.807) is 23.7 Å². The summed E-state index contributed by atoms with van der Waals surface area (Å²) < 4.78 is 5.73. The number of anilines is 1. The van der Waals surface area contributed by atoms with Crippen LogP contribution in [0.5, 0.6) is 5.75 Å². The van der Waals surface area contributed by atoms with Crippen molar-refractivity contribution in [3.63, 3.8) is 0 Å². The molecule has 0 aliphatic carbocycles. The number of aromatic nitrogens is 2. The summed E-state index contributed by atoms with van der Waals surface area (Å²) >= 11 is 1.59. The number of pyridine rings is 1. The monoisotopic (exact) mass is 443 g/mol. The average molecular weight is 444 g/mol. The van der Waals surface area contributed by atoms with Crippen LogP contribution < -0.4 is 10.1 Å². The van der Waals surface area contributed by atoms with E-state index in [0.29, 0.717) is 19.4 Å². The van der Waals surface area contributed by atoms with E-state index < -0.39 is 0 Å². The van der Waals surface area contributed by atoms with Gasteiger partial charge in [-0.25, -0.2) is 4.98 Å². The topological polar surface area (TPSA) is 64.1 Å². The fourth-order valence-electron chi connectivity index (χ4n) is 3.26. The summed E-state index contributed by atoms with van der Waals surface area (Å²) in [6, 6.07) is 19.8. The van der Waals surface area contributed by atoms with Crippen molar-refractivity contribution in [2.75, 3.05) is 11.9 Å². The molecule has 6 heteroatoms. The Hall–Kier alpha value is -3.51. The Bertz CT molecular complexity index is 1160. The van der Waals surface area contributed by atoms with Gasteiger partial charge in [0.2, 0.25) is 5.91 Å². The third-order valence-electron chi connectivity index (χ3n) is 5.02. The van der Waals surface area contributed by atoms with Crippen LogP contribution in [0.3, 0.4) is 0 Å². The third-order valence-corrected chi connectivity index (χ3v) is 5.91. The van der Waals surface area contributed by atoms with Gasteiger partial charge in [0.15, 0.2) is 0 Å². The van der Waals surface area contributed by atoms with Crippen molar-refractivity contribution in [1.29, 1.82) is 0 Å². The summed E-state index contributed by atoms with van der Waals surface area (Å²) in [6.45, 7) is 2.64. The number of carbonyl (C=O) groups excluding carboxylic acids is 1. The zero-order valence-corrected chi connectivity index (χ0v) is 18.8. The molecule has 0 aliphatic heterocycles. The second kappa shape index (κ2) is 10.7. The summed E-state index contributed by atoms with van der Waals surface area (Å²) in [4.78, 5) is 21.1. The molecule has 2 aromatic heterocycles. The van der Waals surface area contributed by atoms with Crippen LogP contribution in [0.1, 0.15) is 25.3 Å². The molecule has 0 radical (unpaired) electrons. The number of hydrogen-bond donors (Lipinski definition) is 1. The molecular formula is C26H25N3O2S. The number of carbonyl (C=O) groups is 1.